The number of carbonyl (C=O) groups excluding carboxylic acids is 6. The van der Waals surface area contributed by atoms with E-state index in [2.05, 4.69) is 33.5 Å². The average molecular weight is 1230 g/mol. The first-order valence-electron chi connectivity index (χ1n) is 27.9. The molecule has 0 heterocycles. The number of ketones is 1. The van der Waals surface area contributed by atoms with Gasteiger partial charge >= 0.3 is 24.4 Å². The van der Waals surface area contributed by atoms with E-state index in [4.69, 9.17) is 38.9 Å². The lowest BCUT2D eigenvalue weighted by molar-refractivity contribution is -0.125. The van der Waals surface area contributed by atoms with Crippen LogP contribution in [0.5, 0.6) is 11.5 Å². The Hall–Kier alpha value is -3.29. The largest absolute Gasteiger partial charge is 0.492 e. The number of hydrogen-bond donors (Lipinski definition) is 6. The number of ether oxygens (including phenoxy) is 7. The number of benzene rings is 1. The monoisotopic (exact) mass is 1220 g/mol. The summed E-state index contributed by atoms with van der Waals surface area (Å²) in [5.74, 6) is 5.05. The van der Waals surface area contributed by atoms with Crippen molar-refractivity contribution in [1.29, 1.82) is 0 Å². The van der Waals surface area contributed by atoms with Crippen molar-refractivity contribution < 1.29 is 61.9 Å². The van der Waals surface area contributed by atoms with E-state index in [9.17, 15) is 28.8 Å². The van der Waals surface area contributed by atoms with Crippen LogP contribution in [0.1, 0.15) is 139 Å². The second-order valence-corrected chi connectivity index (χ2v) is 29.0. The summed E-state index contributed by atoms with van der Waals surface area (Å²) in [7, 11) is 0. The fraction of sp³-hybridized carbons (Fsp3) is 0.786. The minimum atomic E-state index is -0.641. The van der Waals surface area contributed by atoms with Gasteiger partial charge in [0.15, 0.2) is 5.78 Å². The van der Waals surface area contributed by atoms with Crippen LogP contribution < -0.4 is 41.8 Å². The van der Waals surface area contributed by atoms with Crippen LogP contribution in [0.2, 0.25) is 0 Å². The molecule has 7 N–H and O–H groups in total. The number of thioether (sulfide) groups is 5. The molecule has 0 radical (unpaired) electrons. The first-order chi connectivity index (χ1) is 37.6. The predicted octanol–water partition coefficient (Wildman–Crippen LogP) is 10.2. The zero-order valence-electron chi connectivity index (χ0n) is 50.4. The molecule has 462 valence electrons. The Kier molecular flexibility index (Phi) is 38.9. The third kappa shape index (κ3) is 43.4. The molecule has 5 amide bonds. The van der Waals surface area contributed by atoms with Crippen LogP contribution in [0.25, 0.3) is 0 Å². The van der Waals surface area contributed by atoms with E-state index in [0.29, 0.717) is 110 Å². The third-order valence-corrected chi connectivity index (χ3v) is 16.2. The number of alkyl carbamates (subject to hydrolysis) is 4. The highest BCUT2D eigenvalue weighted by Gasteiger charge is 2.25. The molecule has 0 aliphatic rings. The Labute approximate surface area is 500 Å². The summed E-state index contributed by atoms with van der Waals surface area (Å²) in [6, 6.07) is 5.14. The molecule has 1 aromatic rings. The second kappa shape index (κ2) is 41.7. The van der Waals surface area contributed by atoms with Crippen LogP contribution in [-0.4, -0.2) is 181 Å². The van der Waals surface area contributed by atoms with Crippen LogP contribution in [0, 0.1) is 5.92 Å². The van der Waals surface area contributed by atoms with Crippen LogP contribution in [-0.2, 0) is 28.5 Å². The summed E-state index contributed by atoms with van der Waals surface area (Å²) in [6.07, 6.45) is 1.80. The molecule has 0 saturated carbocycles. The fourth-order valence-electron chi connectivity index (χ4n) is 6.67. The van der Waals surface area contributed by atoms with Gasteiger partial charge in [-0.2, -0.15) is 58.8 Å². The number of nitrogens with one attached hydrogen (secondary N) is 5. The number of carbonyl (C=O) groups is 6. The maximum Gasteiger partial charge on any atom is 0.407 e. The van der Waals surface area contributed by atoms with Gasteiger partial charge in [0, 0.05) is 121 Å². The van der Waals surface area contributed by atoms with Crippen molar-refractivity contribution in [2.75, 3.05) is 112 Å². The van der Waals surface area contributed by atoms with Crippen LogP contribution in [0.15, 0.2) is 18.2 Å². The van der Waals surface area contributed by atoms with E-state index in [1.807, 2.05) is 41.5 Å². The summed E-state index contributed by atoms with van der Waals surface area (Å²) in [4.78, 5) is 77.7. The number of Topliss-reactive ketones (excluding diaryl/α,β-unsaturated/α-hetero) is 1. The molecule has 0 aliphatic heterocycles. The zero-order chi connectivity index (χ0) is 60.0. The molecule has 1 aromatic carbocycles. The molecular formula is C56H100N6O13S5. The quantitative estimate of drug-likeness (QED) is 0.0202. The Morgan fingerprint density at radius 1 is 0.512 bits per heavy atom. The lowest BCUT2D eigenvalue weighted by Crippen LogP contribution is -2.34. The number of unbranched alkanes of at least 4 members (excludes halogenated alkanes) is 1. The topological polar surface area (TPSA) is 253 Å². The summed E-state index contributed by atoms with van der Waals surface area (Å²) in [6.45, 7) is 28.1. The van der Waals surface area contributed by atoms with Gasteiger partial charge in [0.05, 0.1) is 0 Å². The zero-order valence-corrected chi connectivity index (χ0v) is 54.4. The van der Waals surface area contributed by atoms with E-state index in [-0.39, 0.29) is 41.8 Å². The standard InChI is InChI=1S/C56H100N6O13S5/c1-14-25-69-26-17-27-76-28-20-58-48(64)41(18-15-16-19-57)35-47(63)42-33-43(70-37-45(79-31-23-61-51(67)74-55(8,9)10)39-77-29-21-59-49(65)72-53(2,3)4)36-44(34-42)71-38-46(80-32-24-62-52(68)75-56(11,12)13)40-78-30-22-60-50(66)73-54(5,6)7/h33-34,36,41,45-46H,14-32,35,37-40,57H2,1-13H3,(H,58,64)(H,59,65)(H,60,66)(H,61,67)(H,62,68). The molecule has 0 saturated heterocycles. The van der Waals surface area contributed by atoms with Crippen molar-refractivity contribution in [1.82, 2.24) is 26.6 Å². The highest BCUT2D eigenvalue weighted by Crippen LogP contribution is 2.29. The van der Waals surface area contributed by atoms with Crippen LogP contribution in [0.3, 0.4) is 0 Å². The van der Waals surface area contributed by atoms with E-state index < -0.39 is 52.7 Å². The first-order valence-corrected chi connectivity index (χ1v) is 33.5. The van der Waals surface area contributed by atoms with Gasteiger partial charge in [-0.05, 0) is 133 Å². The van der Waals surface area contributed by atoms with E-state index in [1.54, 1.807) is 119 Å². The van der Waals surface area contributed by atoms with Gasteiger partial charge < -0.3 is 65.5 Å². The van der Waals surface area contributed by atoms with E-state index in [0.717, 1.165) is 37.4 Å². The molecule has 0 aliphatic carbocycles. The number of rotatable bonds is 41. The summed E-state index contributed by atoms with van der Waals surface area (Å²) in [5.41, 5.74) is 3.67. The van der Waals surface area contributed by atoms with Crippen molar-refractivity contribution in [2.24, 2.45) is 11.7 Å². The highest BCUT2D eigenvalue weighted by molar-refractivity contribution is 8.03. The minimum Gasteiger partial charge on any atom is -0.492 e. The second-order valence-electron chi connectivity index (χ2n) is 22.6. The van der Waals surface area contributed by atoms with Gasteiger partial charge in [-0.25, -0.2) is 19.2 Å². The molecule has 0 bridgehead atoms. The number of hydrogen-bond acceptors (Lipinski definition) is 19. The van der Waals surface area contributed by atoms with Gasteiger partial charge in [-0.3, -0.25) is 9.59 Å². The van der Waals surface area contributed by atoms with Crippen molar-refractivity contribution >= 4 is 94.9 Å². The summed E-state index contributed by atoms with van der Waals surface area (Å²) < 4.78 is 40.3. The molecule has 3 unspecified atom stereocenters. The van der Waals surface area contributed by atoms with Crippen molar-refractivity contribution in [3.05, 3.63) is 23.8 Å². The molecule has 24 heteroatoms. The molecular weight excluding hydrogens is 1120 g/mol. The summed E-state index contributed by atoms with van der Waals surface area (Å²) in [5, 5.41) is 14.1. The minimum absolute atomic E-state index is 0.0323. The number of amides is 5. The molecule has 1 rings (SSSR count). The van der Waals surface area contributed by atoms with Crippen molar-refractivity contribution in [3.8, 4) is 11.5 Å². The maximum atomic E-state index is 14.5. The highest BCUT2D eigenvalue weighted by atomic mass is 32.2. The van der Waals surface area contributed by atoms with Gasteiger partial charge in [0.2, 0.25) is 5.91 Å². The predicted molar refractivity (Wildman–Crippen MR) is 333 cm³/mol. The van der Waals surface area contributed by atoms with Gasteiger partial charge in [-0.1, -0.05) is 13.3 Å². The Bertz CT molecular complexity index is 1830. The molecule has 0 spiro atoms. The van der Waals surface area contributed by atoms with E-state index >= 15 is 0 Å². The molecule has 0 aromatic heterocycles. The van der Waals surface area contributed by atoms with Crippen LogP contribution >= 0.6 is 58.8 Å². The van der Waals surface area contributed by atoms with Gasteiger partial charge in [0.25, 0.3) is 0 Å². The Balaban J connectivity index is 3.50. The Morgan fingerprint density at radius 3 is 1.34 bits per heavy atom. The summed E-state index contributed by atoms with van der Waals surface area (Å²) >= 11 is 8.23. The molecule has 19 nitrogen and oxygen atoms in total. The lowest BCUT2D eigenvalue weighted by Gasteiger charge is -2.22. The van der Waals surface area contributed by atoms with Crippen LogP contribution in [0.4, 0.5) is 19.2 Å². The molecule has 80 heavy (non-hydrogen) atoms. The SMILES string of the molecule is CCCOCCCSCCNC(=O)C(CCCCN)CC(=O)c1cc(OCC(CSCCNC(=O)OC(C)(C)C)SCCNC(=O)OC(C)(C)C)cc(OCC(CSCCNC(=O)OC(C)(C)C)SCCNC(=O)OC(C)(C)C)c1. The molecule has 3 atom stereocenters. The van der Waals surface area contributed by atoms with Crippen molar-refractivity contribution in [2.45, 2.75) is 161 Å². The lowest BCUT2D eigenvalue weighted by atomic mass is 9.92. The van der Waals surface area contributed by atoms with E-state index in [1.165, 1.54) is 0 Å². The van der Waals surface area contributed by atoms with Crippen molar-refractivity contribution in [3.63, 3.8) is 0 Å². The third-order valence-electron chi connectivity index (χ3n) is 10.0. The Morgan fingerprint density at radius 2 is 0.925 bits per heavy atom. The first kappa shape index (κ1) is 74.7. The smallest absolute Gasteiger partial charge is 0.407 e. The maximum absolute atomic E-state index is 14.5. The average Bonchev–Trinajstić information content (AvgIpc) is 3.33. The van der Waals surface area contributed by atoms with Gasteiger partial charge in [0.1, 0.15) is 47.1 Å². The fourth-order valence-corrected chi connectivity index (χ4v) is 11.8. The number of nitrogens with two attached hydrogens (primary N) is 1. The van der Waals surface area contributed by atoms with Gasteiger partial charge in [-0.15, -0.1) is 0 Å². The normalized spacial score (nSPS) is 13.0. The molecule has 0 fully saturated rings.